The van der Waals surface area contributed by atoms with Gasteiger partial charge in [-0.1, -0.05) is 6.42 Å². The zero-order chi connectivity index (χ0) is 13.7. The molecule has 1 aromatic heterocycles. The second-order valence-corrected chi connectivity index (χ2v) is 4.93. The van der Waals surface area contributed by atoms with Crippen LogP contribution in [-0.2, 0) is 0 Å². The van der Waals surface area contributed by atoms with E-state index in [9.17, 15) is 9.90 Å². The zero-order valence-corrected chi connectivity index (χ0v) is 11.2. The van der Waals surface area contributed by atoms with Crippen molar-refractivity contribution in [3.8, 4) is 0 Å². The number of nitrogens with zero attached hydrogens (tertiary/aromatic N) is 1. The lowest BCUT2D eigenvalue weighted by atomic mass is 10.1. The normalized spacial score (nSPS) is 22.2. The first-order valence-electron chi connectivity index (χ1n) is 6.87. The van der Waals surface area contributed by atoms with Gasteiger partial charge in [0.2, 0.25) is 0 Å². The summed E-state index contributed by atoms with van der Waals surface area (Å²) in [5, 5.41) is 15.8. The van der Waals surface area contributed by atoms with Crippen LogP contribution < -0.4 is 10.6 Å². The van der Waals surface area contributed by atoms with E-state index in [1.165, 1.54) is 0 Å². The van der Waals surface area contributed by atoms with Crippen molar-refractivity contribution in [2.24, 2.45) is 5.92 Å². The summed E-state index contributed by atoms with van der Waals surface area (Å²) in [5.74, 6) is 0.146. The summed E-state index contributed by atoms with van der Waals surface area (Å²) >= 11 is 0. The Balaban J connectivity index is 1.93. The molecule has 1 heterocycles. The van der Waals surface area contributed by atoms with Gasteiger partial charge in [-0.3, -0.25) is 9.78 Å². The molecule has 0 aromatic carbocycles. The molecule has 1 saturated carbocycles. The molecular weight excluding hydrogens is 242 g/mol. The molecule has 104 valence electrons. The number of aliphatic hydroxyl groups excluding tert-OH is 1. The monoisotopic (exact) mass is 263 g/mol. The van der Waals surface area contributed by atoms with Gasteiger partial charge >= 0.3 is 0 Å². The van der Waals surface area contributed by atoms with Crippen molar-refractivity contribution in [1.29, 1.82) is 0 Å². The van der Waals surface area contributed by atoms with Gasteiger partial charge in [-0.05, 0) is 31.9 Å². The summed E-state index contributed by atoms with van der Waals surface area (Å²) in [6, 6.07) is 3.58. The minimum atomic E-state index is -0.197. The van der Waals surface area contributed by atoms with Crippen LogP contribution in [0.3, 0.4) is 0 Å². The van der Waals surface area contributed by atoms with Gasteiger partial charge < -0.3 is 15.7 Å². The highest BCUT2D eigenvalue weighted by molar-refractivity contribution is 5.93. The van der Waals surface area contributed by atoms with Gasteiger partial charge in [-0.2, -0.15) is 0 Å². The Morgan fingerprint density at radius 2 is 2.37 bits per heavy atom. The SMILES string of the molecule is CCNC(=O)c1cc(NCC2CCCC2O)ccn1. The third-order valence-electron chi connectivity index (χ3n) is 3.52. The molecule has 3 N–H and O–H groups in total. The van der Waals surface area contributed by atoms with Gasteiger partial charge in [0.1, 0.15) is 5.69 Å². The van der Waals surface area contributed by atoms with Crippen LogP contribution >= 0.6 is 0 Å². The number of hydrogen-bond donors (Lipinski definition) is 3. The number of carbonyl (C=O) groups is 1. The molecule has 5 nitrogen and oxygen atoms in total. The highest BCUT2D eigenvalue weighted by atomic mass is 16.3. The maximum Gasteiger partial charge on any atom is 0.269 e. The Bertz CT molecular complexity index is 436. The molecule has 5 heteroatoms. The minimum absolute atomic E-state index is 0.160. The Hall–Kier alpha value is -1.62. The van der Waals surface area contributed by atoms with Crippen LogP contribution in [0.5, 0.6) is 0 Å². The van der Waals surface area contributed by atoms with Crippen molar-refractivity contribution in [2.75, 3.05) is 18.4 Å². The number of nitrogens with one attached hydrogen (secondary N) is 2. The third-order valence-corrected chi connectivity index (χ3v) is 3.52. The van der Waals surface area contributed by atoms with E-state index >= 15 is 0 Å². The molecule has 1 aromatic rings. The average Bonchev–Trinajstić information content (AvgIpc) is 2.82. The quantitative estimate of drug-likeness (QED) is 0.751. The van der Waals surface area contributed by atoms with Crippen molar-refractivity contribution in [3.05, 3.63) is 24.0 Å². The molecule has 0 radical (unpaired) electrons. The highest BCUT2D eigenvalue weighted by Gasteiger charge is 2.24. The lowest BCUT2D eigenvalue weighted by molar-refractivity contribution is 0.0951. The van der Waals surface area contributed by atoms with Gasteiger partial charge in [0, 0.05) is 30.9 Å². The summed E-state index contributed by atoms with van der Waals surface area (Å²) < 4.78 is 0. The lowest BCUT2D eigenvalue weighted by Gasteiger charge is -2.16. The molecule has 0 saturated heterocycles. The van der Waals surface area contributed by atoms with Gasteiger partial charge in [-0.25, -0.2) is 0 Å². The minimum Gasteiger partial charge on any atom is -0.393 e. The van der Waals surface area contributed by atoms with Crippen molar-refractivity contribution >= 4 is 11.6 Å². The van der Waals surface area contributed by atoms with Crippen molar-refractivity contribution in [1.82, 2.24) is 10.3 Å². The number of anilines is 1. The van der Waals surface area contributed by atoms with Crippen molar-refractivity contribution in [2.45, 2.75) is 32.3 Å². The molecule has 19 heavy (non-hydrogen) atoms. The largest absolute Gasteiger partial charge is 0.393 e. The second-order valence-electron chi connectivity index (χ2n) is 4.93. The summed E-state index contributed by atoms with van der Waals surface area (Å²) in [6.07, 6.45) is 4.47. The molecule has 0 bridgehead atoms. The van der Waals surface area contributed by atoms with E-state index in [-0.39, 0.29) is 12.0 Å². The van der Waals surface area contributed by atoms with Crippen LogP contribution in [0, 0.1) is 5.92 Å². The van der Waals surface area contributed by atoms with Crippen LogP contribution in [0.2, 0.25) is 0 Å². The molecule has 2 unspecified atom stereocenters. The van der Waals surface area contributed by atoms with Gasteiger partial charge in [0.25, 0.3) is 5.91 Å². The van der Waals surface area contributed by atoms with E-state index in [0.29, 0.717) is 18.2 Å². The number of aromatic nitrogens is 1. The fourth-order valence-corrected chi connectivity index (χ4v) is 2.42. The topological polar surface area (TPSA) is 74.2 Å². The summed E-state index contributed by atoms with van der Waals surface area (Å²) in [6.45, 7) is 3.20. The Morgan fingerprint density at radius 1 is 1.53 bits per heavy atom. The van der Waals surface area contributed by atoms with Gasteiger partial charge in [0.05, 0.1) is 6.10 Å². The van der Waals surface area contributed by atoms with E-state index < -0.39 is 0 Å². The van der Waals surface area contributed by atoms with E-state index in [4.69, 9.17) is 0 Å². The maximum absolute atomic E-state index is 11.7. The van der Waals surface area contributed by atoms with Crippen molar-refractivity contribution in [3.63, 3.8) is 0 Å². The van der Waals surface area contributed by atoms with Crippen LogP contribution in [0.1, 0.15) is 36.7 Å². The molecule has 2 atom stereocenters. The van der Waals surface area contributed by atoms with Crippen LogP contribution in [0.25, 0.3) is 0 Å². The van der Waals surface area contributed by atoms with Gasteiger partial charge in [-0.15, -0.1) is 0 Å². The molecule has 1 amide bonds. The summed E-state index contributed by atoms with van der Waals surface area (Å²) in [4.78, 5) is 15.7. The van der Waals surface area contributed by atoms with Gasteiger partial charge in [0.15, 0.2) is 0 Å². The maximum atomic E-state index is 11.7. The van der Waals surface area contributed by atoms with E-state index in [1.807, 2.05) is 13.0 Å². The van der Waals surface area contributed by atoms with E-state index in [1.54, 1.807) is 12.3 Å². The summed E-state index contributed by atoms with van der Waals surface area (Å²) in [5.41, 5.74) is 1.29. The molecule has 1 aliphatic rings. The Kier molecular flexibility index (Phi) is 4.74. The lowest BCUT2D eigenvalue weighted by Crippen LogP contribution is -2.24. The number of amides is 1. The predicted octanol–water partition coefficient (Wildman–Crippen LogP) is 1.40. The Labute approximate surface area is 113 Å². The number of pyridine rings is 1. The number of aliphatic hydroxyl groups is 1. The first-order chi connectivity index (χ1) is 9.20. The van der Waals surface area contributed by atoms with Crippen LogP contribution in [0.4, 0.5) is 5.69 Å². The average molecular weight is 263 g/mol. The first-order valence-corrected chi connectivity index (χ1v) is 6.87. The number of rotatable bonds is 5. The molecule has 1 fully saturated rings. The number of carbonyl (C=O) groups excluding carboxylic acids is 1. The standard InChI is InChI=1S/C14H21N3O2/c1-2-15-14(19)12-8-11(6-7-16-12)17-9-10-4-3-5-13(10)18/h6-8,10,13,18H,2-5,9H2,1H3,(H,15,19)(H,16,17). The van der Waals surface area contributed by atoms with E-state index in [0.717, 1.165) is 31.5 Å². The zero-order valence-electron chi connectivity index (χ0n) is 11.2. The molecule has 2 rings (SSSR count). The third kappa shape index (κ3) is 3.67. The fourth-order valence-electron chi connectivity index (χ4n) is 2.42. The summed E-state index contributed by atoms with van der Waals surface area (Å²) in [7, 11) is 0. The molecule has 0 spiro atoms. The molecule has 1 aliphatic carbocycles. The second kappa shape index (κ2) is 6.52. The first kappa shape index (κ1) is 13.8. The molecular formula is C14H21N3O2. The fraction of sp³-hybridized carbons (Fsp3) is 0.571. The van der Waals surface area contributed by atoms with Crippen LogP contribution in [-0.4, -0.2) is 35.2 Å². The van der Waals surface area contributed by atoms with Crippen molar-refractivity contribution < 1.29 is 9.90 Å². The van der Waals surface area contributed by atoms with Crippen LogP contribution in [0.15, 0.2) is 18.3 Å². The van der Waals surface area contributed by atoms with E-state index in [2.05, 4.69) is 15.6 Å². The Morgan fingerprint density at radius 3 is 3.05 bits per heavy atom. The molecule has 0 aliphatic heterocycles. The highest BCUT2D eigenvalue weighted by Crippen LogP contribution is 2.25. The number of hydrogen-bond acceptors (Lipinski definition) is 4. The smallest absolute Gasteiger partial charge is 0.269 e. The predicted molar refractivity (Wildman–Crippen MR) is 74.1 cm³/mol.